The van der Waals surface area contributed by atoms with Crippen molar-refractivity contribution in [2.45, 2.75) is 50.5 Å². The average Bonchev–Trinajstić information content (AvgIpc) is 2.94. The zero-order valence-corrected chi connectivity index (χ0v) is 16.4. The molecule has 1 N–H and O–H groups in total. The maximum Gasteiger partial charge on any atom is 0.253 e. The first-order chi connectivity index (χ1) is 13.5. The number of nitrogens with zero attached hydrogens (tertiary/aromatic N) is 1. The molecule has 0 aromatic carbocycles. The first-order valence-corrected chi connectivity index (χ1v) is 10.5. The highest BCUT2D eigenvalue weighted by molar-refractivity contribution is 6.12. The van der Waals surface area contributed by atoms with Gasteiger partial charge in [0.25, 0.3) is 11.8 Å². The topological polar surface area (TPSA) is 84.9 Å². The van der Waals surface area contributed by atoms with Gasteiger partial charge in [0.1, 0.15) is 0 Å². The zero-order chi connectivity index (χ0) is 19.6. The minimum Gasteiger partial charge on any atom is -0.379 e. The largest absolute Gasteiger partial charge is 0.379 e. The molecule has 154 valence electrons. The number of nitrogens with one attached hydrogen (secondary N) is 1. The maximum atomic E-state index is 12.4. The number of hydrogen-bond acceptors (Lipinski definition) is 5. The predicted molar refractivity (Wildman–Crippen MR) is 101 cm³/mol. The van der Waals surface area contributed by atoms with Gasteiger partial charge in [-0.3, -0.25) is 19.3 Å². The summed E-state index contributed by atoms with van der Waals surface area (Å²) in [6, 6.07) is 0. The monoisotopic (exact) mass is 390 g/mol. The number of amides is 3. The van der Waals surface area contributed by atoms with Crippen LogP contribution in [0.3, 0.4) is 0 Å². The Morgan fingerprint density at radius 1 is 0.929 bits per heavy atom. The summed E-state index contributed by atoms with van der Waals surface area (Å²) in [6.45, 7) is 1.69. The van der Waals surface area contributed by atoms with Gasteiger partial charge in [0, 0.05) is 24.1 Å². The second kappa shape index (κ2) is 8.33. The van der Waals surface area contributed by atoms with Crippen molar-refractivity contribution in [1.82, 2.24) is 10.2 Å². The Hall–Kier alpha value is -1.73. The number of carbonyl (C=O) groups excluding carboxylic acids is 3. The van der Waals surface area contributed by atoms with Crippen molar-refractivity contribution >= 4 is 17.7 Å². The first-order valence-electron chi connectivity index (χ1n) is 10.5. The molecular weight excluding hydrogens is 360 g/mol. The van der Waals surface area contributed by atoms with E-state index in [0.717, 1.165) is 41.9 Å². The maximum absolute atomic E-state index is 12.4. The van der Waals surface area contributed by atoms with Gasteiger partial charge in [-0.2, -0.15) is 0 Å². The van der Waals surface area contributed by atoms with Crippen molar-refractivity contribution in [3.05, 3.63) is 12.2 Å². The van der Waals surface area contributed by atoms with E-state index in [1.54, 1.807) is 0 Å². The average molecular weight is 390 g/mol. The van der Waals surface area contributed by atoms with Gasteiger partial charge in [-0.25, -0.2) is 0 Å². The number of hydrogen-bond donors (Lipinski definition) is 1. The fourth-order valence-corrected chi connectivity index (χ4v) is 5.92. The molecule has 7 nitrogen and oxygen atoms in total. The summed E-state index contributed by atoms with van der Waals surface area (Å²) in [6.07, 6.45) is 10.5. The Morgan fingerprint density at radius 3 is 2.04 bits per heavy atom. The minimum absolute atomic E-state index is 0.0637. The van der Waals surface area contributed by atoms with Gasteiger partial charge in [-0.05, 0) is 56.3 Å². The van der Waals surface area contributed by atoms with Crippen LogP contribution in [0.5, 0.6) is 0 Å². The molecule has 7 heteroatoms. The van der Waals surface area contributed by atoms with Crippen LogP contribution in [0.25, 0.3) is 0 Å². The molecule has 4 saturated carbocycles. The standard InChI is InChI=1S/C21H30N2O5/c24-18(22-21-12-15-9-16(13-21)11-17(10-15)14-21)3-5-27-7-8-28-6-4-23-19(25)1-2-20(23)26/h1-2,15-17H,3-14H2,(H,22,24). The van der Waals surface area contributed by atoms with Gasteiger partial charge in [-0.1, -0.05) is 0 Å². The SMILES string of the molecule is O=C(CCOCCOCCN1C(=O)C=CC1=O)NC12CC3CC(CC(C3)C1)C2. The van der Waals surface area contributed by atoms with Crippen LogP contribution < -0.4 is 5.32 Å². The number of ether oxygens (including phenoxy) is 2. The molecule has 0 spiro atoms. The number of imide groups is 1. The van der Waals surface area contributed by atoms with Crippen LogP contribution in [0.4, 0.5) is 0 Å². The highest BCUT2D eigenvalue weighted by Crippen LogP contribution is 2.55. The lowest BCUT2D eigenvalue weighted by molar-refractivity contribution is -0.137. The van der Waals surface area contributed by atoms with Crippen LogP contribution in [0.1, 0.15) is 44.9 Å². The lowest BCUT2D eigenvalue weighted by Crippen LogP contribution is -2.59. The van der Waals surface area contributed by atoms with E-state index >= 15 is 0 Å². The number of carbonyl (C=O) groups is 3. The molecule has 0 aromatic heterocycles. The molecule has 0 radical (unpaired) electrons. The second-order valence-corrected chi connectivity index (χ2v) is 8.88. The highest BCUT2D eigenvalue weighted by atomic mass is 16.5. The van der Waals surface area contributed by atoms with E-state index in [9.17, 15) is 14.4 Å². The molecule has 1 heterocycles. The summed E-state index contributed by atoms with van der Waals surface area (Å²) < 4.78 is 10.9. The summed E-state index contributed by atoms with van der Waals surface area (Å²) in [4.78, 5) is 36.3. The molecule has 0 aromatic rings. The molecule has 0 unspecified atom stereocenters. The van der Waals surface area contributed by atoms with E-state index < -0.39 is 0 Å². The first kappa shape index (κ1) is 19.6. The number of rotatable bonds is 10. The van der Waals surface area contributed by atoms with Gasteiger partial charge in [0.2, 0.25) is 5.91 Å². The highest BCUT2D eigenvalue weighted by Gasteiger charge is 2.51. The van der Waals surface area contributed by atoms with Crippen molar-refractivity contribution in [2.75, 3.05) is 33.0 Å². The van der Waals surface area contributed by atoms with Crippen LogP contribution in [0, 0.1) is 17.8 Å². The van der Waals surface area contributed by atoms with Gasteiger partial charge < -0.3 is 14.8 Å². The van der Waals surface area contributed by atoms with Crippen molar-refractivity contribution < 1.29 is 23.9 Å². The van der Waals surface area contributed by atoms with Crippen LogP contribution >= 0.6 is 0 Å². The Kier molecular flexibility index (Phi) is 5.83. The van der Waals surface area contributed by atoms with E-state index in [0.29, 0.717) is 26.2 Å². The smallest absolute Gasteiger partial charge is 0.253 e. The summed E-state index contributed by atoms with van der Waals surface area (Å²) in [5.41, 5.74) is 0.0637. The quantitative estimate of drug-likeness (QED) is 0.450. The van der Waals surface area contributed by atoms with Crippen molar-refractivity contribution in [3.8, 4) is 0 Å². The lowest BCUT2D eigenvalue weighted by Gasteiger charge is -2.56. The molecule has 5 aliphatic rings. The van der Waals surface area contributed by atoms with E-state index in [2.05, 4.69) is 5.32 Å². The van der Waals surface area contributed by atoms with Crippen molar-refractivity contribution in [3.63, 3.8) is 0 Å². The molecule has 4 aliphatic carbocycles. The summed E-state index contributed by atoms with van der Waals surface area (Å²) in [5.74, 6) is 1.97. The van der Waals surface area contributed by atoms with E-state index in [-0.39, 0.29) is 36.4 Å². The predicted octanol–water partition coefficient (Wildman–Crippen LogP) is 1.42. The molecule has 5 rings (SSSR count). The van der Waals surface area contributed by atoms with Gasteiger partial charge in [0.05, 0.1) is 33.0 Å². The third kappa shape index (κ3) is 4.46. The Morgan fingerprint density at radius 2 is 1.46 bits per heavy atom. The molecule has 1 aliphatic heterocycles. The van der Waals surface area contributed by atoms with Crippen LogP contribution in [0.15, 0.2) is 12.2 Å². The van der Waals surface area contributed by atoms with Gasteiger partial charge in [0.15, 0.2) is 0 Å². The Balaban J connectivity index is 1.05. The van der Waals surface area contributed by atoms with E-state index in [1.807, 2.05) is 0 Å². The Bertz CT molecular complexity index is 606. The van der Waals surface area contributed by atoms with Crippen LogP contribution in [0.2, 0.25) is 0 Å². The van der Waals surface area contributed by atoms with Crippen LogP contribution in [-0.2, 0) is 23.9 Å². The van der Waals surface area contributed by atoms with Gasteiger partial charge in [-0.15, -0.1) is 0 Å². The molecule has 28 heavy (non-hydrogen) atoms. The summed E-state index contributed by atoms with van der Waals surface area (Å²) >= 11 is 0. The molecule has 4 fully saturated rings. The minimum atomic E-state index is -0.296. The Labute approximate surface area is 165 Å². The molecular formula is C21H30N2O5. The molecule has 0 saturated heterocycles. The normalized spacial score (nSPS) is 33.1. The van der Waals surface area contributed by atoms with Crippen LogP contribution in [-0.4, -0.2) is 61.1 Å². The molecule has 3 amide bonds. The molecule has 4 bridgehead atoms. The molecule has 0 atom stereocenters. The fourth-order valence-electron chi connectivity index (χ4n) is 5.92. The van der Waals surface area contributed by atoms with Crippen molar-refractivity contribution in [2.24, 2.45) is 17.8 Å². The van der Waals surface area contributed by atoms with Crippen molar-refractivity contribution in [1.29, 1.82) is 0 Å². The lowest BCUT2D eigenvalue weighted by atomic mass is 9.53. The van der Waals surface area contributed by atoms with Gasteiger partial charge >= 0.3 is 0 Å². The van der Waals surface area contributed by atoms with E-state index in [1.165, 1.54) is 31.4 Å². The summed E-state index contributed by atoms with van der Waals surface area (Å²) in [5, 5.41) is 3.35. The summed E-state index contributed by atoms with van der Waals surface area (Å²) in [7, 11) is 0. The third-order valence-corrected chi connectivity index (χ3v) is 6.65. The fraction of sp³-hybridized carbons (Fsp3) is 0.762. The zero-order valence-electron chi connectivity index (χ0n) is 16.4. The van der Waals surface area contributed by atoms with E-state index in [4.69, 9.17) is 9.47 Å². The second-order valence-electron chi connectivity index (χ2n) is 8.88. The third-order valence-electron chi connectivity index (χ3n) is 6.65.